The zero-order valence-electron chi connectivity index (χ0n) is 12.8. The Morgan fingerprint density at radius 1 is 1.39 bits per heavy atom. The number of hydrogen-bond donors (Lipinski definition) is 2. The number of nitrogens with one attached hydrogen (secondary N) is 1. The van der Waals surface area contributed by atoms with Crippen LogP contribution in [0.3, 0.4) is 0 Å². The summed E-state index contributed by atoms with van der Waals surface area (Å²) in [5.74, 6) is -0.569. The van der Waals surface area contributed by atoms with Crippen molar-refractivity contribution in [3.63, 3.8) is 0 Å². The van der Waals surface area contributed by atoms with Crippen LogP contribution in [-0.2, 0) is 6.42 Å². The molecule has 3 N–H and O–H groups in total. The molecule has 1 aromatic heterocycles. The minimum absolute atomic E-state index is 0.231. The Balaban J connectivity index is 2.17. The Hall–Kier alpha value is -1.96. The summed E-state index contributed by atoms with van der Waals surface area (Å²) in [5.41, 5.74) is 6.61. The summed E-state index contributed by atoms with van der Waals surface area (Å²) in [4.78, 5) is 29.9. The zero-order chi connectivity index (χ0) is 17.0. The quantitative estimate of drug-likeness (QED) is 0.863. The number of nitrogens with zero attached hydrogens (tertiary/aromatic N) is 2. The van der Waals surface area contributed by atoms with Gasteiger partial charge in [-0.05, 0) is 24.7 Å². The lowest BCUT2D eigenvalue weighted by atomic mass is 10.1. The fraction of sp³-hybridized carbons (Fsp3) is 0.267. The standard InChI is InChI=1S/C15H17ClN4O2S/c1-20(2)15(22)10-7-9(3-4-11(10)16)18-14(21)12-8-23-13(19-12)5-6-17/h3-4,7-8H,5-6,17H2,1-2H3,(H,18,21). The second kappa shape index (κ2) is 7.54. The minimum Gasteiger partial charge on any atom is -0.345 e. The van der Waals surface area contributed by atoms with Gasteiger partial charge in [0, 0.05) is 31.6 Å². The second-order valence-electron chi connectivity index (χ2n) is 5.01. The van der Waals surface area contributed by atoms with Crippen LogP contribution in [0.2, 0.25) is 5.02 Å². The molecule has 23 heavy (non-hydrogen) atoms. The fourth-order valence-electron chi connectivity index (χ4n) is 1.86. The number of carbonyl (C=O) groups is 2. The molecule has 0 saturated heterocycles. The van der Waals surface area contributed by atoms with Crippen LogP contribution in [0.5, 0.6) is 0 Å². The van der Waals surface area contributed by atoms with Crippen molar-refractivity contribution in [3.8, 4) is 0 Å². The number of nitrogens with two attached hydrogens (primary N) is 1. The number of halogens is 1. The van der Waals surface area contributed by atoms with Crippen LogP contribution in [-0.4, -0.2) is 42.3 Å². The van der Waals surface area contributed by atoms with E-state index in [1.54, 1.807) is 37.7 Å². The number of carbonyl (C=O) groups excluding carboxylic acids is 2. The first-order chi connectivity index (χ1) is 10.9. The molecule has 2 rings (SSSR count). The molecule has 0 aliphatic rings. The highest BCUT2D eigenvalue weighted by molar-refractivity contribution is 7.09. The van der Waals surface area contributed by atoms with E-state index in [0.29, 0.717) is 34.9 Å². The molecule has 1 heterocycles. The van der Waals surface area contributed by atoms with Crippen molar-refractivity contribution in [3.05, 3.63) is 44.9 Å². The molecule has 0 radical (unpaired) electrons. The first-order valence-corrected chi connectivity index (χ1v) is 8.15. The van der Waals surface area contributed by atoms with Gasteiger partial charge in [0.2, 0.25) is 0 Å². The molecule has 0 spiro atoms. The van der Waals surface area contributed by atoms with E-state index in [1.165, 1.54) is 16.2 Å². The summed E-state index contributed by atoms with van der Waals surface area (Å²) >= 11 is 7.44. The van der Waals surface area contributed by atoms with Crippen LogP contribution in [0.15, 0.2) is 23.6 Å². The van der Waals surface area contributed by atoms with Crippen LogP contribution in [0.25, 0.3) is 0 Å². The van der Waals surface area contributed by atoms with Crippen molar-refractivity contribution >= 4 is 40.4 Å². The summed E-state index contributed by atoms with van der Waals surface area (Å²) in [7, 11) is 3.27. The molecule has 0 atom stereocenters. The molecule has 0 aliphatic heterocycles. The Morgan fingerprint density at radius 3 is 2.78 bits per heavy atom. The van der Waals surface area contributed by atoms with E-state index in [1.807, 2.05) is 0 Å². The van der Waals surface area contributed by atoms with Gasteiger partial charge in [0.05, 0.1) is 15.6 Å². The van der Waals surface area contributed by atoms with Crippen molar-refractivity contribution in [1.82, 2.24) is 9.88 Å². The van der Waals surface area contributed by atoms with E-state index < -0.39 is 0 Å². The van der Waals surface area contributed by atoms with Gasteiger partial charge in [-0.2, -0.15) is 0 Å². The maximum atomic E-state index is 12.2. The highest BCUT2D eigenvalue weighted by Gasteiger charge is 2.15. The highest BCUT2D eigenvalue weighted by atomic mass is 35.5. The molecule has 0 aliphatic carbocycles. The Bertz CT molecular complexity index is 730. The lowest BCUT2D eigenvalue weighted by Gasteiger charge is -2.13. The molecule has 0 unspecified atom stereocenters. The average Bonchev–Trinajstić information content (AvgIpc) is 2.97. The van der Waals surface area contributed by atoms with Crippen molar-refractivity contribution < 1.29 is 9.59 Å². The maximum Gasteiger partial charge on any atom is 0.275 e. The van der Waals surface area contributed by atoms with Gasteiger partial charge in [-0.3, -0.25) is 9.59 Å². The summed E-state index contributed by atoms with van der Waals surface area (Å²) in [5, 5.41) is 5.55. The van der Waals surface area contributed by atoms with E-state index in [4.69, 9.17) is 17.3 Å². The van der Waals surface area contributed by atoms with Crippen molar-refractivity contribution in [2.24, 2.45) is 5.73 Å². The molecule has 122 valence electrons. The predicted octanol–water partition coefficient (Wildman–Crippen LogP) is 2.25. The van der Waals surface area contributed by atoms with Crippen LogP contribution in [0, 0.1) is 0 Å². The van der Waals surface area contributed by atoms with Gasteiger partial charge in [-0.15, -0.1) is 11.3 Å². The van der Waals surface area contributed by atoms with Crippen molar-refractivity contribution in [2.45, 2.75) is 6.42 Å². The Morgan fingerprint density at radius 2 is 2.13 bits per heavy atom. The fourth-order valence-corrected chi connectivity index (χ4v) is 2.85. The van der Waals surface area contributed by atoms with Gasteiger partial charge in [0.1, 0.15) is 5.69 Å². The third-order valence-electron chi connectivity index (χ3n) is 3.00. The highest BCUT2D eigenvalue weighted by Crippen LogP contribution is 2.22. The number of amides is 2. The van der Waals surface area contributed by atoms with Gasteiger partial charge < -0.3 is 16.0 Å². The molecule has 8 heteroatoms. The molecule has 2 aromatic rings. The molecule has 0 bridgehead atoms. The number of thiazole rings is 1. The summed E-state index contributed by atoms with van der Waals surface area (Å²) in [6.07, 6.45) is 0.639. The largest absolute Gasteiger partial charge is 0.345 e. The van der Waals surface area contributed by atoms with E-state index in [2.05, 4.69) is 10.3 Å². The maximum absolute atomic E-state index is 12.2. The van der Waals surface area contributed by atoms with Gasteiger partial charge in [-0.25, -0.2) is 4.98 Å². The Labute approximate surface area is 143 Å². The summed E-state index contributed by atoms with van der Waals surface area (Å²) in [6, 6.07) is 4.77. The van der Waals surface area contributed by atoms with E-state index in [0.717, 1.165) is 5.01 Å². The van der Waals surface area contributed by atoms with E-state index in [-0.39, 0.29) is 11.8 Å². The van der Waals surface area contributed by atoms with E-state index >= 15 is 0 Å². The number of aromatic nitrogens is 1. The number of rotatable bonds is 5. The van der Waals surface area contributed by atoms with Crippen LogP contribution in [0.1, 0.15) is 25.9 Å². The second-order valence-corrected chi connectivity index (χ2v) is 6.36. The molecular formula is C15H17ClN4O2S. The smallest absolute Gasteiger partial charge is 0.275 e. The zero-order valence-corrected chi connectivity index (χ0v) is 14.4. The van der Waals surface area contributed by atoms with Gasteiger partial charge in [-0.1, -0.05) is 11.6 Å². The van der Waals surface area contributed by atoms with Crippen LogP contribution in [0.4, 0.5) is 5.69 Å². The predicted molar refractivity (Wildman–Crippen MR) is 92.3 cm³/mol. The minimum atomic E-state index is -0.338. The third-order valence-corrected chi connectivity index (χ3v) is 4.24. The molecule has 2 amide bonds. The van der Waals surface area contributed by atoms with Gasteiger partial charge >= 0.3 is 0 Å². The topological polar surface area (TPSA) is 88.3 Å². The molecule has 0 saturated carbocycles. The SMILES string of the molecule is CN(C)C(=O)c1cc(NC(=O)c2csc(CCN)n2)ccc1Cl. The Kier molecular flexibility index (Phi) is 5.70. The summed E-state index contributed by atoms with van der Waals surface area (Å²) < 4.78 is 0. The van der Waals surface area contributed by atoms with E-state index in [9.17, 15) is 9.59 Å². The molecule has 0 fully saturated rings. The lowest BCUT2D eigenvalue weighted by Crippen LogP contribution is -2.22. The molecule has 1 aromatic carbocycles. The number of hydrogen-bond acceptors (Lipinski definition) is 5. The molecule has 6 nitrogen and oxygen atoms in total. The molecular weight excluding hydrogens is 336 g/mol. The number of benzene rings is 1. The van der Waals surface area contributed by atoms with Crippen LogP contribution < -0.4 is 11.1 Å². The first kappa shape index (κ1) is 17.4. The number of anilines is 1. The van der Waals surface area contributed by atoms with Gasteiger partial charge in [0.25, 0.3) is 11.8 Å². The summed E-state index contributed by atoms with van der Waals surface area (Å²) in [6.45, 7) is 0.488. The van der Waals surface area contributed by atoms with Gasteiger partial charge in [0.15, 0.2) is 0 Å². The third kappa shape index (κ3) is 4.28. The average molecular weight is 353 g/mol. The lowest BCUT2D eigenvalue weighted by molar-refractivity contribution is 0.0827. The van der Waals surface area contributed by atoms with Crippen molar-refractivity contribution in [1.29, 1.82) is 0 Å². The monoisotopic (exact) mass is 352 g/mol. The normalized spacial score (nSPS) is 10.4. The van der Waals surface area contributed by atoms with Crippen LogP contribution >= 0.6 is 22.9 Å². The van der Waals surface area contributed by atoms with Crippen molar-refractivity contribution in [2.75, 3.05) is 26.0 Å². The first-order valence-electron chi connectivity index (χ1n) is 6.89.